The first-order valence-electron chi connectivity index (χ1n) is 40.5. The third-order valence-electron chi connectivity index (χ3n) is 20.5. The minimum absolute atomic E-state index is 0.0137. The van der Waals surface area contributed by atoms with Crippen molar-refractivity contribution >= 4 is 88.5 Å². The molecule has 0 bridgehead atoms. The highest BCUT2D eigenvalue weighted by molar-refractivity contribution is 6.09. The lowest BCUT2D eigenvalue weighted by Crippen LogP contribution is -2.66. The predicted octanol–water partition coefficient (Wildman–Crippen LogP) is 3.51. The zero-order valence-electron chi connectivity index (χ0n) is 75.3. The number of rotatable bonds is 47. The summed E-state index contributed by atoms with van der Waals surface area (Å²) in [5, 5.41) is 70.8. The van der Waals surface area contributed by atoms with E-state index in [1.165, 1.54) is 69.2 Å². The largest absolute Gasteiger partial charge is 0.388 e. The second-order valence-corrected chi connectivity index (χ2v) is 34.7. The van der Waals surface area contributed by atoms with Gasteiger partial charge < -0.3 is 94.7 Å². The number of Topliss-reactive ketones (excluding diaryl/α,β-unsaturated/α-hetero) is 1. The van der Waals surface area contributed by atoms with E-state index in [0.29, 0.717) is 29.7 Å². The number of hydrogen-bond acceptors (Lipinski definition) is 19. The van der Waals surface area contributed by atoms with E-state index in [-0.39, 0.29) is 84.1 Å². The third kappa shape index (κ3) is 33.2. The molecule has 0 aromatic carbocycles. The molecule has 0 fully saturated rings. The molecule has 12 atom stereocenters. The average molecular weight is 1640 g/mol. The number of ketones is 1. The van der Waals surface area contributed by atoms with E-state index in [4.69, 9.17) is 0 Å². The molecule has 33 heteroatoms. The van der Waals surface area contributed by atoms with E-state index < -0.39 is 189 Å². The van der Waals surface area contributed by atoms with E-state index >= 15 is 0 Å². The summed E-state index contributed by atoms with van der Waals surface area (Å²) in [4.78, 5) is 213. The van der Waals surface area contributed by atoms with Crippen LogP contribution in [0.3, 0.4) is 0 Å². The molecule has 660 valence electrons. The van der Waals surface area contributed by atoms with Gasteiger partial charge in [-0.1, -0.05) is 124 Å². The molecule has 0 heterocycles. The molecule has 0 saturated carbocycles. The predicted molar refractivity (Wildman–Crippen MR) is 444 cm³/mol. The maximum absolute atomic E-state index is 14.6. The fourth-order valence-electron chi connectivity index (χ4n) is 11.9. The van der Waals surface area contributed by atoms with Crippen molar-refractivity contribution in [3.8, 4) is 0 Å². The summed E-state index contributed by atoms with van der Waals surface area (Å²) < 4.78 is 0. The number of amides is 14. The molecule has 0 aliphatic rings. The molecule has 0 aliphatic carbocycles. The number of nitrogens with zero attached hydrogens (tertiary/aromatic N) is 1. The van der Waals surface area contributed by atoms with Gasteiger partial charge in [0.2, 0.25) is 59.1 Å². The Labute approximate surface area is 688 Å². The standard InChI is InChI=1S/C83H145N15O18/c1-33-47(18)59(93-78(112)65(83(30,116)37-5)97-79(113)80(24,25)66(100)51(22)38-41(6)7)68(102)84-39-54(99)87-60(48(19)34-2)74(108)91-58(46(16)17)72(106)92-62(50(21)36-4)75(109)95-64(82(28,29)115)77(111)96-63(81(26,27)114)76(110)94-61(49(20)35-3)73(107)85-52(23)67(101)88-56(44(12)13)70(104)90-57(45(14)15)71(105)89-55(43(10)11)69(103)86-53(42(8)9)40-98(31)32/h41-42,44-46,50-53,56-58,62-65,114-116H,33-40H2,1-32H3,(H,84,102)(H,85,107)(H,86,103)(H,87,99)(H,88,101)(H,89,105)(H,90,104)(H,91,108)(H,92,106)(H,93,112)(H,94,110)(H,95,109)(H,96,111)(H,97,113)/b59-47-,60-48-,61-49-/t50-,51+,52+,53-,56+,57+,58+,62+,63-,64-,65-,83+/m1/s1. The van der Waals surface area contributed by atoms with Gasteiger partial charge in [0.05, 0.1) is 23.3 Å². The Bertz CT molecular complexity index is 3630. The molecule has 0 radical (unpaired) electrons. The highest BCUT2D eigenvalue weighted by atomic mass is 16.3. The smallest absolute Gasteiger partial charge is 0.268 e. The van der Waals surface area contributed by atoms with Crippen LogP contribution in [-0.2, 0) is 71.9 Å². The van der Waals surface area contributed by atoms with E-state index in [1.807, 2.05) is 46.7 Å². The summed E-state index contributed by atoms with van der Waals surface area (Å²) in [6.07, 6.45) is 1.26. The number of carbonyl (C=O) groups excluding carboxylic acids is 15. The van der Waals surface area contributed by atoms with E-state index in [9.17, 15) is 87.2 Å². The molecule has 0 spiro atoms. The van der Waals surface area contributed by atoms with Crippen molar-refractivity contribution in [2.75, 3.05) is 27.2 Å². The van der Waals surface area contributed by atoms with Gasteiger partial charge in [0, 0.05) is 18.5 Å². The number of allylic oxidation sites excluding steroid dienone is 4. The molecule has 0 aromatic heterocycles. The van der Waals surface area contributed by atoms with Crippen molar-refractivity contribution in [1.29, 1.82) is 0 Å². The van der Waals surface area contributed by atoms with Gasteiger partial charge in [-0.2, -0.15) is 0 Å². The number of aliphatic hydroxyl groups is 3. The van der Waals surface area contributed by atoms with Gasteiger partial charge in [-0.25, -0.2) is 0 Å². The Balaban J connectivity index is 6.87. The van der Waals surface area contributed by atoms with Crippen LogP contribution in [0.4, 0.5) is 0 Å². The van der Waals surface area contributed by atoms with Gasteiger partial charge in [-0.3, -0.25) is 71.9 Å². The van der Waals surface area contributed by atoms with Crippen molar-refractivity contribution in [3.05, 3.63) is 45.1 Å². The molecule has 17 N–H and O–H groups in total. The van der Waals surface area contributed by atoms with Crippen LogP contribution < -0.4 is 74.4 Å². The molecular weight excluding hydrogens is 1490 g/mol. The fourth-order valence-corrected chi connectivity index (χ4v) is 11.9. The zero-order valence-corrected chi connectivity index (χ0v) is 75.3. The molecule has 0 unspecified atom stereocenters. The number of nitrogens with one attached hydrogen (secondary N) is 14. The third-order valence-corrected chi connectivity index (χ3v) is 20.5. The lowest BCUT2D eigenvalue weighted by Gasteiger charge is -2.35. The van der Waals surface area contributed by atoms with E-state index in [1.54, 1.807) is 111 Å². The highest BCUT2D eigenvalue weighted by Crippen LogP contribution is 2.28. The Hall–Kier alpha value is -8.95. The fraction of sp³-hybridized carbons (Fsp3) is 0.723. The maximum atomic E-state index is 14.6. The number of carbonyl (C=O) groups is 15. The summed E-state index contributed by atoms with van der Waals surface area (Å²) in [6, 6.07) is -12.6. The topological polar surface area (TPSA) is 488 Å². The summed E-state index contributed by atoms with van der Waals surface area (Å²) in [6.45, 7) is 47.2. The minimum Gasteiger partial charge on any atom is -0.388 e. The monoisotopic (exact) mass is 1640 g/mol. The van der Waals surface area contributed by atoms with Crippen molar-refractivity contribution in [3.63, 3.8) is 0 Å². The summed E-state index contributed by atoms with van der Waals surface area (Å²) >= 11 is 0. The molecular formula is C83H145N15O18. The van der Waals surface area contributed by atoms with Crippen molar-refractivity contribution in [2.24, 2.45) is 46.8 Å². The zero-order chi connectivity index (χ0) is 90.7. The summed E-state index contributed by atoms with van der Waals surface area (Å²) in [5.74, 6) is -15.9. The SMILES string of the molecule is CC/C(C)=C(\NC(=O)CNC(=O)/C(NC(=O)[C@@H](NC(=O)C(C)(C)C(=O)[C@@H](C)CC(C)C)[C@@](C)(O)CC)=C(\C)CC)C(=O)N[C@H](C(=O)N[C@H](C(=O)N[C@H](C(=O)N[C@H](C(=O)N/C(C(=O)N[C@@H](C)C(=O)N[C@H](C(=O)N[C@H](C(=O)NC(C(=O)N[C@H](CN(C)C)C(C)C)=C(C)C)C(C)C)C(C)C)=C(/C)CC)C(C)(C)O)C(C)(C)O)[C@H](C)CC)C(C)C. The number of hydrogen-bond donors (Lipinski definition) is 17. The van der Waals surface area contributed by atoms with Crippen LogP contribution in [0.1, 0.15) is 246 Å². The molecule has 0 aliphatic heterocycles. The maximum Gasteiger partial charge on any atom is 0.268 e. The van der Waals surface area contributed by atoms with Crippen molar-refractivity contribution in [2.45, 2.75) is 317 Å². The number of likely N-dealkylation sites (N-methyl/N-ethyl adjacent to an activating group) is 1. The van der Waals surface area contributed by atoms with Crippen LogP contribution in [0.15, 0.2) is 45.1 Å². The molecule has 14 amide bonds. The van der Waals surface area contributed by atoms with Gasteiger partial charge in [-0.15, -0.1) is 0 Å². The van der Waals surface area contributed by atoms with Crippen LogP contribution in [0.25, 0.3) is 0 Å². The Morgan fingerprint density at radius 1 is 0.388 bits per heavy atom. The first-order chi connectivity index (χ1) is 53.1. The molecule has 33 nitrogen and oxygen atoms in total. The second-order valence-electron chi connectivity index (χ2n) is 34.7. The summed E-state index contributed by atoms with van der Waals surface area (Å²) in [5.41, 5.74) is -7.34. The molecule has 116 heavy (non-hydrogen) atoms. The van der Waals surface area contributed by atoms with Gasteiger partial charge in [0.1, 0.15) is 76.5 Å². The van der Waals surface area contributed by atoms with Crippen molar-refractivity contribution in [1.82, 2.24) is 79.3 Å². The van der Waals surface area contributed by atoms with Crippen LogP contribution in [0.5, 0.6) is 0 Å². The van der Waals surface area contributed by atoms with Gasteiger partial charge in [-0.05, 0) is 194 Å². The Kier molecular flexibility index (Phi) is 43.8. The van der Waals surface area contributed by atoms with E-state index in [0.717, 1.165) is 0 Å². The summed E-state index contributed by atoms with van der Waals surface area (Å²) in [7, 11) is 3.75. The molecule has 0 aromatic rings. The first kappa shape index (κ1) is 107. The van der Waals surface area contributed by atoms with Gasteiger partial charge >= 0.3 is 0 Å². The van der Waals surface area contributed by atoms with Crippen LogP contribution in [0, 0.1) is 46.8 Å². The van der Waals surface area contributed by atoms with Crippen LogP contribution >= 0.6 is 0 Å². The highest BCUT2D eigenvalue weighted by Gasteiger charge is 2.47. The normalized spacial score (nSPS) is 16.0. The quantitative estimate of drug-likeness (QED) is 0.0306. The van der Waals surface area contributed by atoms with E-state index in [2.05, 4.69) is 74.4 Å². The van der Waals surface area contributed by atoms with Crippen LogP contribution in [0.2, 0.25) is 0 Å². The molecule has 0 rings (SSSR count). The average Bonchev–Trinajstić information content (AvgIpc) is 0.805. The Morgan fingerprint density at radius 2 is 0.767 bits per heavy atom. The van der Waals surface area contributed by atoms with Gasteiger partial charge in [0.15, 0.2) is 5.78 Å². The molecule has 0 saturated heterocycles. The van der Waals surface area contributed by atoms with Gasteiger partial charge in [0.25, 0.3) is 23.6 Å². The minimum atomic E-state index is -2.15. The first-order valence-corrected chi connectivity index (χ1v) is 40.5. The Morgan fingerprint density at radius 3 is 1.18 bits per heavy atom. The lowest BCUT2D eigenvalue weighted by molar-refractivity contribution is -0.147. The second kappa shape index (κ2) is 47.4. The lowest BCUT2D eigenvalue weighted by atomic mass is 9.78. The van der Waals surface area contributed by atoms with Crippen LogP contribution in [-0.4, -0.2) is 207 Å². The van der Waals surface area contributed by atoms with Crippen molar-refractivity contribution < 1.29 is 87.2 Å².